The first kappa shape index (κ1) is 15.3. The molecule has 1 atom stereocenters. The summed E-state index contributed by atoms with van der Waals surface area (Å²) < 4.78 is 7.56. The standard InChI is InChI=1S/C15H13Br2IO/c1-19-12-5-2-10(3-6-12)8-15(17)13-9-11(18)4-7-14(13)16/h2-7,9,15H,8H2,1H3. The van der Waals surface area contributed by atoms with Gasteiger partial charge in [0.2, 0.25) is 0 Å². The van der Waals surface area contributed by atoms with E-state index >= 15 is 0 Å². The van der Waals surface area contributed by atoms with Gasteiger partial charge in [-0.15, -0.1) is 0 Å². The summed E-state index contributed by atoms with van der Waals surface area (Å²) in [6, 6.07) is 14.6. The van der Waals surface area contributed by atoms with Crippen molar-refractivity contribution in [2.75, 3.05) is 7.11 Å². The summed E-state index contributed by atoms with van der Waals surface area (Å²) in [6.45, 7) is 0. The van der Waals surface area contributed by atoms with E-state index < -0.39 is 0 Å². The molecule has 0 saturated carbocycles. The van der Waals surface area contributed by atoms with Gasteiger partial charge < -0.3 is 4.74 Å². The van der Waals surface area contributed by atoms with Crippen LogP contribution in [0.1, 0.15) is 16.0 Å². The second-order valence-electron chi connectivity index (χ2n) is 4.19. The van der Waals surface area contributed by atoms with Crippen molar-refractivity contribution < 1.29 is 4.74 Å². The summed E-state index contributed by atoms with van der Waals surface area (Å²) in [6.07, 6.45) is 0.947. The monoisotopic (exact) mass is 494 g/mol. The number of hydrogen-bond donors (Lipinski definition) is 0. The summed E-state index contributed by atoms with van der Waals surface area (Å²) in [7, 11) is 1.69. The fraction of sp³-hybridized carbons (Fsp3) is 0.200. The van der Waals surface area contributed by atoms with Crippen LogP contribution >= 0.6 is 54.5 Å². The van der Waals surface area contributed by atoms with Gasteiger partial charge in [-0.3, -0.25) is 0 Å². The first-order valence-electron chi connectivity index (χ1n) is 5.82. The van der Waals surface area contributed by atoms with Crippen molar-refractivity contribution in [3.05, 3.63) is 61.6 Å². The van der Waals surface area contributed by atoms with Gasteiger partial charge in [0.15, 0.2) is 0 Å². The molecule has 1 nitrogen and oxygen atoms in total. The minimum absolute atomic E-state index is 0.296. The van der Waals surface area contributed by atoms with E-state index in [2.05, 4.69) is 84.8 Å². The molecule has 2 rings (SSSR count). The van der Waals surface area contributed by atoms with Crippen molar-refractivity contribution in [2.24, 2.45) is 0 Å². The lowest BCUT2D eigenvalue weighted by atomic mass is 10.0. The summed E-state index contributed by atoms with van der Waals surface area (Å²) in [5.74, 6) is 0.894. The van der Waals surface area contributed by atoms with Crippen LogP contribution in [0.5, 0.6) is 5.75 Å². The topological polar surface area (TPSA) is 9.23 Å². The third-order valence-electron chi connectivity index (χ3n) is 2.87. The minimum atomic E-state index is 0.296. The highest BCUT2D eigenvalue weighted by Crippen LogP contribution is 2.33. The quantitative estimate of drug-likeness (QED) is 0.388. The van der Waals surface area contributed by atoms with Crippen molar-refractivity contribution in [3.63, 3.8) is 0 Å². The maximum absolute atomic E-state index is 5.17. The molecule has 1 unspecified atom stereocenters. The van der Waals surface area contributed by atoms with E-state index in [1.807, 2.05) is 12.1 Å². The van der Waals surface area contributed by atoms with E-state index in [1.165, 1.54) is 14.7 Å². The van der Waals surface area contributed by atoms with Gasteiger partial charge in [0.25, 0.3) is 0 Å². The number of ether oxygens (including phenoxy) is 1. The predicted octanol–water partition coefficient (Wildman–Crippen LogP) is 5.74. The summed E-state index contributed by atoms with van der Waals surface area (Å²) in [5, 5.41) is 0. The highest BCUT2D eigenvalue weighted by Gasteiger charge is 2.12. The van der Waals surface area contributed by atoms with E-state index in [-0.39, 0.29) is 0 Å². The smallest absolute Gasteiger partial charge is 0.118 e. The predicted molar refractivity (Wildman–Crippen MR) is 95.2 cm³/mol. The van der Waals surface area contributed by atoms with E-state index in [0.717, 1.165) is 16.6 Å². The fourth-order valence-corrected chi connectivity index (χ4v) is 3.93. The van der Waals surface area contributed by atoms with Crippen LogP contribution in [0.2, 0.25) is 0 Å². The summed E-state index contributed by atoms with van der Waals surface area (Å²) in [5.41, 5.74) is 2.57. The molecular formula is C15H13Br2IO. The van der Waals surface area contributed by atoms with E-state index in [1.54, 1.807) is 7.11 Å². The van der Waals surface area contributed by atoms with Crippen molar-refractivity contribution in [1.82, 2.24) is 0 Å². The highest BCUT2D eigenvalue weighted by molar-refractivity contribution is 14.1. The number of methoxy groups -OCH3 is 1. The molecule has 0 N–H and O–H groups in total. The van der Waals surface area contributed by atoms with Crippen LogP contribution in [0, 0.1) is 3.57 Å². The third kappa shape index (κ3) is 4.20. The normalized spacial score (nSPS) is 12.2. The minimum Gasteiger partial charge on any atom is -0.497 e. The molecule has 19 heavy (non-hydrogen) atoms. The van der Waals surface area contributed by atoms with Crippen molar-refractivity contribution >= 4 is 54.5 Å². The molecule has 0 bridgehead atoms. The Labute approximate surface area is 144 Å². The number of hydrogen-bond acceptors (Lipinski definition) is 1. The van der Waals surface area contributed by atoms with Crippen LogP contribution in [0.4, 0.5) is 0 Å². The van der Waals surface area contributed by atoms with Crippen LogP contribution in [-0.2, 0) is 6.42 Å². The van der Waals surface area contributed by atoms with Crippen LogP contribution in [0.3, 0.4) is 0 Å². The molecule has 0 aliphatic rings. The maximum Gasteiger partial charge on any atom is 0.118 e. The second kappa shape index (κ2) is 7.09. The molecule has 0 spiro atoms. The Bertz CT molecular complexity index is 555. The van der Waals surface area contributed by atoms with Gasteiger partial charge in [-0.2, -0.15) is 0 Å². The molecule has 0 amide bonds. The Morgan fingerprint density at radius 2 is 1.84 bits per heavy atom. The second-order valence-corrected chi connectivity index (χ2v) is 7.39. The van der Waals surface area contributed by atoms with Gasteiger partial charge in [0.05, 0.1) is 7.11 Å². The van der Waals surface area contributed by atoms with Gasteiger partial charge in [-0.05, 0) is 70.5 Å². The Morgan fingerprint density at radius 3 is 2.47 bits per heavy atom. The van der Waals surface area contributed by atoms with Crippen molar-refractivity contribution in [3.8, 4) is 5.75 Å². The molecule has 100 valence electrons. The zero-order valence-corrected chi connectivity index (χ0v) is 15.7. The lowest BCUT2D eigenvalue weighted by Crippen LogP contribution is -1.97. The van der Waals surface area contributed by atoms with Gasteiger partial charge in [-0.1, -0.05) is 44.0 Å². The third-order valence-corrected chi connectivity index (χ3v) is 5.08. The van der Waals surface area contributed by atoms with Gasteiger partial charge in [-0.25, -0.2) is 0 Å². The molecule has 0 saturated heterocycles. The SMILES string of the molecule is COc1ccc(CC(Br)c2cc(I)ccc2Br)cc1. The van der Waals surface area contributed by atoms with E-state index in [4.69, 9.17) is 4.74 Å². The van der Waals surface area contributed by atoms with Crippen LogP contribution < -0.4 is 4.74 Å². The van der Waals surface area contributed by atoms with Crippen LogP contribution in [0.15, 0.2) is 46.9 Å². The Kier molecular flexibility index (Phi) is 5.71. The lowest BCUT2D eigenvalue weighted by molar-refractivity contribution is 0.414. The zero-order chi connectivity index (χ0) is 13.8. The molecule has 0 aliphatic carbocycles. The Hall–Kier alpha value is -0.0700. The molecule has 0 fully saturated rings. The maximum atomic E-state index is 5.17. The van der Waals surface area contributed by atoms with E-state index in [0.29, 0.717) is 4.83 Å². The van der Waals surface area contributed by atoms with Crippen LogP contribution in [0.25, 0.3) is 0 Å². The lowest BCUT2D eigenvalue weighted by Gasteiger charge is -2.13. The summed E-state index contributed by atoms with van der Waals surface area (Å²) >= 11 is 9.73. The molecular weight excluding hydrogens is 483 g/mol. The molecule has 0 aromatic heterocycles. The largest absolute Gasteiger partial charge is 0.497 e. The molecule has 2 aromatic rings. The van der Waals surface area contributed by atoms with E-state index in [9.17, 15) is 0 Å². The summed E-state index contributed by atoms with van der Waals surface area (Å²) in [4.78, 5) is 0.296. The Morgan fingerprint density at radius 1 is 1.16 bits per heavy atom. The first-order chi connectivity index (χ1) is 9.10. The average Bonchev–Trinajstić information content (AvgIpc) is 2.42. The molecule has 0 heterocycles. The number of alkyl halides is 1. The molecule has 4 heteroatoms. The van der Waals surface area contributed by atoms with Gasteiger partial charge in [0.1, 0.15) is 5.75 Å². The number of rotatable bonds is 4. The van der Waals surface area contributed by atoms with Crippen LogP contribution in [-0.4, -0.2) is 7.11 Å². The Balaban J connectivity index is 2.15. The number of halogens is 3. The van der Waals surface area contributed by atoms with Gasteiger partial charge >= 0.3 is 0 Å². The first-order valence-corrected chi connectivity index (χ1v) is 8.61. The molecule has 0 aliphatic heterocycles. The highest BCUT2D eigenvalue weighted by atomic mass is 127. The van der Waals surface area contributed by atoms with Crippen molar-refractivity contribution in [1.29, 1.82) is 0 Å². The molecule has 0 radical (unpaired) electrons. The zero-order valence-electron chi connectivity index (χ0n) is 10.4. The molecule has 2 aromatic carbocycles. The van der Waals surface area contributed by atoms with Gasteiger partial charge in [0, 0.05) is 12.9 Å². The number of benzene rings is 2. The van der Waals surface area contributed by atoms with Crippen molar-refractivity contribution in [2.45, 2.75) is 11.2 Å². The fourth-order valence-electron chi connectivity index (χ4n) is 1.83. The average molecular weight is 496 g/mol.